The summed E-state index contributed by atoms with van der Waals surface area (Å²) in [4.78, 5) is -0.366. The Bertz CT molecular complexity index is 131. The third kappa shape index (κ3) is 1.38. The highest BCUT2D eigenvalue weighted by molar-refractivity contribution is 6.26. The molecule has 1 unspecified atom stereocenters. The lowest BCUT2D eigenvalue weighted by Crippen LogP contribution is -2.12. The van der Waals surface area contributed by atoms with Crippen LogP contribution in [-0.4, -0.2) is 4.87 Å². The zero-order valence-electron chi connectivity index (χ0n) is 4.60. The molecule has 43 valence electrons. The van der Waals surface area contributed by atoms with E-state index in [1.54, 1.807) is 0 Å². The first-order chi connectivity index (χ1) is 3.71. The van der Waals surface area contributed by atoms with Gasteiger partial charge in [0.05, 0.1) is 4.87 Å². The maximum atomic E-state index is 5.82. The van der Waals surface area contributed by atoms with E-state index in [4.69, 9.17) is 11.6 Å². The summed E-state index contributed by atoms with van der Waals surface area (Å²) in [6, 6.07) is 0. The quantitative estimate of drug-likeness (QED) is 0.438. The third-order valence-electron chi connectivity index (χ3n) is 1.10. The molecule has 0 bridgehead atoms. The maximum absolute atomic E-state index is 5.82. The first-order valence-electron chi connectivity index (χ1n) is 2.59. The van der Waals surface area contributed by atoms with Crippen molar-refractivity contribution in [2.75, 3.05) is 0 Å². The van der Waals surface area contributed by atoms with Crippen molar-refractivity contribution < 1.29 is 0 Å². The largest absolute Gasteiger partial charge is 0.114 e. The van der Waals surface area contributed by atoms with Gasteiger partial charge >= 0.3 is 0 Å². The van der Waals surface area contributed by atoms with E-state index in [0.717, 1.165) is 6.42 Å². The molecule has 1 radical (unpaired) electrons. The number of allylic oxidation sites excluding steroid dienone is 4. The summed E-state index contributed by atoms with van der Waals surface area (Å²) in [5.41, 5.74) is 0. The molecule has 0 N–H and O–H groups in total. The van der Waals surface area contributed by atoms with Crippen LogP contribution in [0.15, 0.2) is 24.3 Å². The summed E-state index contributed by atoms with van der Waals surface area (Å²) >= 11 is 5.82. The average molecular weight is 128 g/mol. The second kappa shape index (κ2) is 1.94. The van der Waals surface area contributed by atoms with E-state index >= 15 is 0 Å². The Kier molecular flexibility index (Phi) is 1.43. The molecule has 8 heavy (non-hydrogen) atoms. The van der Waals surface area contributed by atoms with Crippen LogP contribution in [0.3, 0.4) is 0 Å². The van der Waals surface area contributed by atoms with Crippen LogP contribution in [0.4, 0.5) is 0 Å². The van der Waals surface area contributed by atoms with E-state index in [1.165, 1.54) is 0 Å². The van der Waals surface area contributed by atoms with Crippen molar-refractivity contribution in [1.82, 2.24) is 0 Å². The zero-order valence-corrected chi connectivity index (χ0v) is 5.36. The standard InChI is InChI=1S/C7H8Cl/c1-7(8)5-3-2-4-6-7/h2-5H,1,6H2. The van der Waals surface area contributed by atoms with E-state index in [9.17, 15) is 0 Å². The van der Waals surface area contributed by atoms with Crippen molar-refractivity contribution in [1.29, 1.82) is 0 Å². The van der Waals surface area contributed by atoms with Crippen molar-refractivity contribution in [3.63, 3.8) is 0 Å². The van der Waals surface area contributed by atoms with Gasteiger partial charge in [-0.15, -0.1) is 11.6 Å². The molecule has 0 saturated heterocycles. The summed E-state index contributed by atoms with van der Waals surface area (Å²) in [5, 5.41) is 0. The van der Waals surface area contributed by atoms with Gasteiger partial charge in [-0.1, -0.05) is 24.3 Å². The van der Waals surface area contributed by atoms with Gasteiger partial charge in [0.2, 0.25) is 0 Å². The number of halogens is 1. The molecule has 0 aromatic carbocycles. The average Bonchev–Trinajstić information content (AvgIpc) is 1.65. The highest BCUT2D eigenvalue weighted by atomic mass is 35.5. The van der Waals surface area contributed by atoms with Crippen LogP contribution in [0.1, 0.15) is 6.42 Å². The van der Waals surface area contributed by atoms with E-state index in [2.05, 4.69) is 6.92 Å². The van der Waals surface area contributed by atoms with Gasteiger partial charge in [-0.2, -0.15) is 0 Å². The minimum absolute atomic E-state index is 0.366. The summed E-state index contributed by atoms with van der Waals surface area (Å²) in [7, 11) is 0. The Labute approximate surface area is 54.8 Å². The second-order valence-electron chi connectivity index (χ2n) is 2.03. The van der Waals surface area contributed by atoms with Crippen LogP contribution < -0.4 is 0 Å². The van der Waals surface area contributed by atoms with E-state index in [0.29, 0.717) is 0 Å². The normalized spacial score (nSPS) is 35.8. The van der Waals surface area contributed by atoms with Gasteiger partial charge in [0.1, 0.15) is 0 Å². The molecule has 0 aromatic heterocycles. The highest BCUT2D eigenvalue weighted by Gasteiger charge is 2.15. The molecule has 0 heterocycles. The molecular formula is C7H8Cl. The molecule has 0 nitrogen and oxygen atoms in total. The van der Waals surface area contributed by atoms with Gasteiger partial charge in [-0.05, 0) is 13.3 Å². The summed E-state index contributed by atoms with van der Waals surface area (Å²) in [6.07, 6.45) is 8.65. The fourth-order valence-corrected chi connectivity index (χ4v) is 0.800. The van der Waals surface area contributed by atoms with Gasteiger partial charge in [0, 0.05) is 0 Å². The fourth-order valence-electron chi connectivity index (χ4n) is 0.639. The zero-order chi connectivity index (χ0) is 6.04. The van der Waals surface area contributed by atoms with Gasteiger partial charge < -0.3 is 0 Å². The van der Waals surface area contributed by atoms with Crippen LogP contribution >= 0.6 is 11.6 Å². The lowest BCUT2D eigenvalue weighted by Gasteiger charge is -2.15. The van der Waals surface area contributed by atoms with Crippen molar-refractivity contribution in [3.05, 3.63) is 31.2 Å². The first-order valence-corrected chi connectivity index (χ1v) is 2.97. The number of hydrogen-bond acceptors (Lipinski definition) is 0. The Morgan fingerprint density at radius 2 is 2.25 bits per heavy atom. The SMILES string of the molecule is [CH2]C1(Cl)C=CC=CC1. The molecule has 0 fully saturated rings. The highest BCUT2D eigenvalue weighted by Crippen LogP contribution is 2.23. The maximum Gasteiger partial charge on any atom is 0.0664 e. The van der Waals surface area contributed by atoms with E-state index < -0.39 is 0 Å². The summed E-state index contributed by atoms with van der Waals surface area (Å²) in [6.45, 7) is 3.76. The third-order valence-corrected chi connectivity index (χ3v) is 1.38. The van der Waals surface area contributed by atoms with Crippen molar-refractivity contribution in [2.45, 2.75) is 11.3 Å². The molecule has 0 aliphatic heterocycles. The summed E-state index contributed by atoms with van der Waals surface area (Å²) in [5.74, 6) is 0. The molecule has 1 atom stereocenters. The monoisotopic (exact) mass is 127 g/mol. The molecule has 1 aliphatic rings. The lowest BCUT2D eigenvalue weighted by molar-refractivity contribution is 0.863. The molecule has 0 aromatic rings. The van der Waals surface area contributed by atoms with E-state index in [1.807, 2.05) is 24.3 Å². The Balaban J connectivity index is 2.65. The Morgan fingerprint density at radius 3 is 2.50 bits per heavy atom. The number of rotatable bonds is 0. The van der Waals surface area contributed by atoms with Crippen LogP contribution in [0.2, 0.25) is 0 Å². The first kappa shape index (κ1) is 5.90. The molecule has 0 saturated carbocycles. The smallest absolute Gasteiger partial charge is 0.0664 e. The van der Waals surface area contributed by atoms with Crippen molar-refractivity contribution in [2.24, 2.45) is 0 Å². The van der Waals surface area contributed by atoms with E-state index in [-0.39, 0.29) is 4.87 Å². The van der Waals surface area contributed by atoms with Crippen molar-refractivity contribution in [3.8, 4) is 0 Å². The van der Waals surface area contributed by atoms with Gasteiger partial charge in [0.15, 0.2) is 0 Å². The fraction of sp³-hybridized carbons (Fsp3) is 0.286. The van der Waals surface area contributed by atoms with Crippen LogP contribution in [-0.2, 0) is 0 Å². The predicted octanol–water partition coefficient (Wildman–Crippen LogP) is 2.31. The second-order valence-corrected chi connectivity index (χ2v) is 2.78. The molecular weight excluding hydrogens is 120 g/mol. The molecule has 0 spiro atoms. The van der Waals surface area contributed by atoms with Crippen LogP contribution in [0, 0.1) is 6.92 Å². The van der Waals surface area contributed by atoms with Crippen LogP contribution in [0.5, 0.6) is 0 Å². The van der Waals surface area contributed by atoms with Crippen LogP contribution in [0.25, 0.3) is 0 Å². The van der Waals surface area contributed by atoms with Gasteiger partial charge in [-0.3, -0.25) is 0 Å². The molecule has 0 amide bonds. The lowest BCUT2D eigenvalue weighted by atomic mass is 10.0. The predicted molar refractivity (Wildman–Crippen MR) is 36.8 cm³/mol. The summed E-state index contributed by atoms with van der Waals surface area (Å²) < 4.78 is 0. The Morgan fingerprint density at radius 1 is 1.50 bits per heavy atom. The molecule has 1 rings (SSSR count). The van der Waals surface area contributed by atoms with Gasteiger partial charge in [0.25, 0.3) is 0 Å². The minimum atomic E-state index is -0.366. The molecule has 1 heteroatoms. The Hall–Kier alpha value is -0.230. The molecule has 1 aliphatic carbocycles. The minimum Gasteiger partial charge on any atom is -0.114 e. The topological polar surface area (TPSA) is 0 Å². The van der Waals surface area contributed by atoms with Crippen molar-refractivity contribution >= 4 is 11.6 Å². The van der Waals surface area contributed by atoms with Gasteiger partial charge in [-0.25, -0.2) is 0 Å². The number of hydrogen-bond donors (Lipinski definition) is 0. The number of alkyl halides is 1.